The molecule has 0 fully saturated rings. The molecule has 0 aliphatic heterocycles. The maximum Gasteiger partial charge on any atom is 0.291 e. The van der Waals surface area contributed by atoms with Gasteiger partial charge in [-0.25, -0.2) is 0 Å². The highest BCUT2D eigenvalue weighted by Crippen LogP contribution is 2.31. The zero-order valence-corrected chi connectivity index (χ0v) is 18.1. The molecule has 0 bridgehead atoms. The minimum Gasteiger partial charge on any atom is -0.451 e. The Morgan fingerprint density at radius 1 is 1.00 bits per heavy atom. The molecule has 1 amide bonds. The Kier molecular flexibility index (Phi) is 5.35. The predicted octanol–water partition coefficient (Wildman–Crippen LogP) is 5.40. The Morgan fingerprint density at radius 2 is 1.76 bits per heavy atom. The van der Waals surface area contributed by atoms with Crippen molar-refractivity contribution in [3.05, 3.63) is 100 Å². The Bertz CT molecular complexity index is 1520. The number of amides is 1. The van der Waals surface area contributed by atoms with Crippen molar-refractivity contribution in [1.82, 2.24) is 15.0 Å². The molecule has 5 aromatic rings. The third-order valence-electron chi connectivity index (χ3n) is 5.41. The van der Waals surface area contributed by atoms with Crippen LogP contribution in [0.15, 0.2) is 83.3 Å². The molecule has 34 heavy (non-hydrogen) atoms. The maximum absolute atomic E-state index is 12.7. The Hall–Kier alpha value is -4.79. The van der Waals surface area contributed by atoms with Crippen LogP contribution in [0.1, 0.15) is 23.0 Å². The van der Waals surface area contributed by atoms with Gasteiger partial charge in [-0.15, -0.1) is 10.2 Å². The van der Waals surface area contributed by atoms with E-state index in [0.29, 0.717) is 22.3 Å². The summed E-state index contributed by atoms with van der Waals surface area (Å²) in [6.07, 6.45) is 0.956. The van der Waals surface area contributed by atoms with Crippen LogP contribution in [0.2, 0.25) is 0 Å². The summed E-state index contributed by atoms with van der Waals surface area (Å²) in [5.74, 6) is -0.204. The largest absolute Gasteiger partial charge is 0.451 e. The SMILES string of the molecule is CCc1ccc(-n2nc3ccc(NC(=O)c4ccc(-c5ccccc5[N+](=O)[O-])o4)cc3n2)cc1. The van der Waals surface area contributed by atoms with E-state index in [4.69, 9.17) is 4.42 Å². The molecular weight excluding hydrogens is 434 g/mol. The number of furan rings is 1. The van der Waals surface area contributed by atoms with E-state index < -0.39 is 10.8 Å². The lowest BCUT2D eigenvalue weighted by Crippen LogP contribution is -2.10. The summed E-state index contributed by atoms with van der Waals surface area (Å²) in [4.78, 5) is 25.1. The van der Waals surface area contributed by atoms with Crippen molar-refractivity contribution in [3.63, 3.8) is 0 Å². The average Bonchev–Trinajstić information content (AvgIpc) is 3.51. The molecule has 9 heteroatoms. The summed E-state index contributed by atoms with van der Waals surface area (Å²) >= 11 is 0. The molecule has 0 spiro atoms. The number of rotatable bonds is 6. The van der Waals surface area contributed by atoms with Crippen molar-refractivity contribution in [2.45, 2.75) is 13.3 Å². The van der Waals surface area contributed by atoms with Gasteiger partial charge >= 0.3 is 0 Å². The molecule has 2 aromatic heterocycles. The second-order valence-electron chi connectivity index (χ2n) is 7.61. The van der Waals surface area contributed by atoms with Crippen LogP contribution >= 0.6 is 0 Å². The minimum atomic E-state index is -0.488. The summed E-state index contributed by atoms with van der Waals surface area (Å²) < 4.78 is 5.61. The fourth-order valence-corrected chi connectivity index (χ4v) is 3.61. The lowest BCUT2D eigenvalue weighted by atomic mass is 10.1. The van der Waals surface area contributed by atoms with Gasteiger partial charge in [-0.3, -0.25) is 14.9 Å². The first-order chi connectivity index (χ1) is 16.5. The van der Waals surface area contributed by atoms with Crippen LogP contribution in [0.4, 0.5) is 11.4 Å². The van der Waals surface area contributed by atoms with Gasteiger partial charge in [0.15, 0.2) is 5.76 Å². The van der Waals surface area contributed by atoms with Gasteiger partial charge in [0.25, 0.3) is 11.6 Å². The number of anilines is 1. The summed E-state index contributed by atoms with van der Waals surface area (Å²) in [5.41, 5.74) is 4.12. The molecule has 168 valence electrons. The number of nitro benzene ring substituents is 1. The molecule has 0 radical (unpaired) electrons. The second-order valence-corrected chi connectivity index (χ2v) is 7.61. The van der Waals surface area contributed by atoms with Gasteiger partial charge in [-0.1, -0.05) is 31.2 Å². The number of aromatic nitrogens is 3. The topological polar surface area (TPSA) is 116 Å². The number of fused-ring (bicyclic) bond motifs is 1. The average molecular weight is 453 g/mol. The molecule has 0 saturated heterocycles. The van der Waals surface area contributed by atoms with E-state index in [0.717, 1.165) is 12.1 Å². The van der Waals surface area contributed by atoms with Crippen LogP contribution in [0.3, 0.4) is 0 Å². The van der Waals surface area contributed by atoms with Crippen molar-refractivity contribution in [3.8, 4) is 17.0 Å². The first kappa shape index (κ1) is 21.1. The first-order valence-electron chi connectivity index (χ1n) is 10.6. The number of carbonyl (C=O) groups excluding carboxylic acids is 1. The van der Waals surface area contributed by atoms with E-state index in [1.165, 1.54) is 23.8 Å². The number of nitrogens with one attached hydrogen (secondary N) is 1. The van der Waals surface area contributed by atoms with Crippen LogP contribution in [-0.4, -0.2) is 25.8 Å². The molecular formula is C25H19N5O4. The van der Waals surface area contributed by atoms with Gasteiger partial charge < -0.3 is 9.73 Å². The van der Waals surface area contributed by atoms with Crippen LogP contribution in [0, 0.1) is 10.1 Å². The Balaban J connectivity index is 1.36. The monoisotopic (exact) mass is 453 g/mol. The second kappa shape index (κ2) is 8.62. The van der Waals surface area contributed by atoms with E-state index in [9.17, 15) is 14.9 Å². The molecule has 0 saturated carbocycles. The summed E-state index contributed by atoms with van der Waals surface area (Å²) in [6.45, 7) is 2.10. The fourth-order valence-electron chi connectivity index (χ4n) is 3.61. The van der Waals surface area contributed by atoms with E-state index in [-0.39, 0.29) is 17.2 Å². The number of hydrogen-bond donors (Lipinski definition) is 1. The predicted molar refractivity (Wildman–Crippen MR) is 127 cm³/mol. The minimum absolute atomic E-state index is 0.0351. The first-order valence-corrected chi connectivity index (χ1v) is 10.6. The number of nitrogens with zero attached hydrogens (tertiary/aromatic N) is 4. The molecule has 2 heterocycles. The molecule has 5 rings (SSSR count). The highest BCUT2D eigenvalue weighted by Gasteiger charge is 2.19. The van der Waals surface area contributed by atoms with Crippen molar-refractivity contribution in [2.75, 3.05) is 5.32 Å². The van der Waals surface area contributed by atoms with Gasteiger partial charge in [0.05, 0.1) is 16.2 Å². The molecule has 3 aromatic carbocycles. The van der Waals surface area contributed by atoms with Gasteiger partial charge in [0, 0.05) is 11.8 Å². The van der Waals surface area contributed by atoms with E-state index >= 15 is 0 Å². The smallest absolute Gasteiger partial charge is 0.291 e. The number of carbonyl (C=O) groups is 1. The lowest BCUT2D eigenvalue weighted by Gasteiger charge is -2.03. The van der Waals surface area contributed by atoms with Crippen LogP contribution < -0.4 is 5.32 Å². The van der Waals surface area contributed by atoms with Crippen molar-refractivity contribution < 1.29 is 14.1 Å². The summed E-state index contributed by atoms with van der Waals surface area (Å²) in [7, 11) is 0. The fraction of sp³-hybridized carbons (Fsp3) is 0.0800. The normalized spacial score (nSPS) is 11.0. The zero-order valence-electron chi connectivity index (χ0n) is 18.1. The molecule has 0 unspecified atom stereocenters. The lowest BCUT2D eigenvalue weighted by molar-refractivity contribution is -0.384. The maximum atomic E-state index is 12.7. The van der Waals surface area contributed by atoms with Crippen molar-refractivity contribution in [1.29, 1.82) is 0 Å². The Labute approximate surface area is 193 Å². The number of hydrogen-bond acceptors (Lipinski definition) is 6. The van der Waals surface area contributed by atoms with Crippen LogP contribution in [-0.2, 0) is 6.42 Å². The third kappa shape index (κ3) is 4.02. The van der Waals surface area contributed by atoms with Crippen molar-refractivity contribution in [2.24, 2.45) is 0 Å². The van der Waals surface area contributed by atoms with Gasteiger partial charge in [-0.05, 0) is 60.5 Å². The van der Waals surface area contributed by atoms with E-state index in [1.54, 1.807) is 41.2 Å². The van der Waals surface area contributed by atoms with Crippen LogP contribution in [0.25, 0.3) is 28.0 Å². The highest BCUT2D eigenvalue weighted by molar-refractivity contribution is 6.03. The van der Waals surface area contributed by atoms with Crippen LogP contribution in [0.5, 0.6) is 0 Å². The molecule has 0 aliphatic carbocycles. The number of aryl methyl sites for hydroxylation is 1. The van der Waals surface area contributed by atoms with Gasteiger partial charge in [-0.2, -0.15) is 4.80 Å². The summed E-state index contributed by atoms with van der Waals surface area (Å²) in [5, 5.41) is 23.1. The molecule has 1 N–H and O–H groups in total. The zero-order chi connectivity index (χ0) is 23.7. The molecule has 9 nitrogen and oxygen atoms in total. The van der Waals surface area contributed by atoms with Gasteiger partial charge in [0.2, 0.25) is 0 Å². The van der Waals surface area contributed by atoms with Gasteiger partial charge in [0.1, 0.15) is 16.8 Å². The van der Waals surface area contributed by atoms with E-state index in [2.05, 4.69) is 22.4 Å². The number of benzene rings is 3. The quantitative estimate of drug-likeness (QED) is 0.272. The van der Waals surface area contributed by atoms with Crippen molar-refractivity contribution >= 4 is 28.3 Å². The number of para-hydroxylation sites is 1. The highest BCUT2D eigenvalue weighted by atomic mass is 16.6. The van der Waals surface area contributed by atoms with E-state index in [1.807, 2.05) is 24.3 Å². The molecule has 0 aliphatic rings. The Morgan fingerprint density at radius 3 is 2.53 bits per heavy atom. The molecule has 0 atom stereocenters. The third-order valence-corrected chi connectivity index (χ3v) is 5.41. The standard InChI is InChI=1S/C25H19N5O4/c1-2-16-7-10-18(11-8-16)29-27-20-12-9-17(15-21(20)28-29)26-25(31)24-14-13-23(34-24)19-5-3-4-6-22(19)30(32)33/h3-15H,2H2,1H3,(H,26,31). The summed E-state index contributed by atoms with van der Waals surface area (Å²) in [6, 6.07) is 22.5. The number of nitro groups is 1.